The van der Waals surface area contributed by atoms with Gasteiger partial charge in [-0.1, -0.05) is 23.8 Å². The average molecular weight is 282 g/mol. The lowest BCUT2D eigenvalue weighted by Crippen LogP contribution is -1.99. The SMILES string of the molecule is Cc1ccc2[nH]c(=O)[nH]c2c1.Cc1ccc2c(c1)CCO2. The van der Waals surface area contributed by atoms with Gasteiger partial charge < -0.3 is 14.7 Å². The third-order valence-electron chi connectivity index (χ3n) is 3.52. The van der Waals surface area contributed by atoms with E-state index in [2.05, 4.69) is 35.1 Å². The number of benzene rings is 2. The molecule has 0 bridgehead atoms. The fraction of sp³-hybridized carbons (Fsp3) is 0.235. The van der Waals surface area contributed by atoms with Crippen LogP contribution in [-0.2, 0) is 6.42 Å². The van der Waals surface area contributed by atoms with Gasteiger partial charge in [0, 0.05) is 6.42 Å². The van der Waals surface area contributed by atoms with Crippen molar-refractivity contribution in [1.29, 1.82) is 0 Å². The van der Waals surface area contributed by atoms with Gasteiger partial charge in [-0.3, -0.25) is 0 Å². The molecular weight excluding hydrogens is 264 g/mol. The first-order valence-corrected chi connectivity index (χ1v) is 7.03. The number of fused-ring (bicyclic) bond motifs is 2. The molecule has 0 saturated carbocycles. The molecule has 0 atom stereocenters. The summed E-state index contributed by atoms with van der Waals surface area (Å²) in [6, 6.07) is 12.1. The molecule has 1 aliphatic heterocycles. The summed E-state index contributed by atoms with van der Waals surface area (Å²) in [5, 5.41) is 0. The number of hydrogen-bond donors (Lipinski definition) is 2. The van der Waals surface area contributed by atoms with Gasteiger partial charge in [-0.2, -0.15) is 0 Å². The lowest BCUT2D eigenvalue weighted by molar-refractivity contribution is 0.357. The summed E-state index contributed by atoms with van der Waals surface area (Å²) in [7, 11) is 0. The van der Waals surface area contributed by atoms with Crippen molar-refractivity contribution in [3.8, 4) is 5.75 Å². The van der Waals surface area contributed by atoms with Crippen LogP contribution in [0.4, 0.5) is 0 Å². The Morgan fingerprint density at radius 3 is 2.52 bits per heavy atom. The Morgan fingerprint density at radius 1 is 0.952 bits per heavy atom. The molecule has 0 amide bonds. The Kier molecular flexibility index (Phi) is 3.52. The maximum Gasteiger partial charge on any atom is 0.323 e. The zero-order valence-corrected chi connectivity index (χ0v) is 12.2. The standard InChI is InChI=1S/C9H10O.C8H8N2O/c1-7-2-3-9-8(6-7)4-5-10-9;1-5-2-3-6-7(4-5)10-8(11)9-6/h2-3,6H,4-5H2,1H3;2-4H,1H3,(H2,9,10,11). The van der Waals surface area contributed by atoms with E-state index in [1.165, 1.54) is 11.1 Å². The molecule has 2 N–H and O–H groups in total. The number of rotatable bonds is 0. The molecule has 21 heavy (non-hydrogen) atoms. The van der Waals surface area contributed by atoms with Crippen LogP contribution in [-0.4, -0.2) is 16.6 Å². The van der Waals surface area contributed by atoms with Crippen LogP contribution >= 0.6 is 0 Å². The highest BCUT2D eigenvalue weighted by atomic mass is 16.5. The Labute approximate surface area is 122 Å². The topological polar surface area (TPSA) is 57.9 Å². The van der Waals surface area contributed by atoms with Crippen LogP contribution in [0, 0.1) is 13.8 Å². The Hall–Kier alpha value is -2.49. The molecule has 0 spiro atoms. The van der Waals surface area contributed by atoms with Crippen LogP contribution in [0.2, 0.25) is 0 Å². The molecule has 4 nitrogen and oxygen atoms in total. The molecule has 0 aliphatic carbocycles. The van der Waals surface area contributed by atoms with E-state index < -0.39 is 0 Å². The summed E-state index contributed by atoms with van der Waals surface area (Å²) >= 11 is 0. The molecule has 1 aromatic heterocycles. The molecule has 3 aromatic rings. The van der Waals surface area contributed by atoms with E-state index in [-0.39, 0.29) is 5.69 Å². The van der Waals surface area contributed by atoms with E-state index in [1.54, 1.807) is 0 Å². The van der Waals surface area contributed by atoms with Gasteiger partial charge in [-0.05, 0) is 43.2 Å². The van der Waals surface area contributed by atoms with Gasteiger partial charge >= 0.3 is 5.69 Å². The Bertz CT molecular complexity index is 830. The molecule has 1 aliphatic rings. The smallest absolute Gasteiger partial charge is 0.323 e. The largest absolute Gasteiger partial charge is 0.493 e. The maximum atomic E-state index is 10.8. The van der Waals surface area contributed by atoms with Crippen molar-refractivity contribution in [1.82, 2.24) is 9.97 Å². The van der Waals surface area contributed by atoms with E-state index in [9.17, 15) is 4.79 Å². The number of aromatic amines is 2. The number of imidazole rings is 1. The molecule has 0 saturated heterocycles. The number of H-pyrrole nitrogens is 2. The highest BCUT2D eigenvalue weighted by Crippen LogP contribution is 2.25. The fourth-order valence-corrected chi connectivity index (χ4v) is 2.46. The van der Waals surface area contributed by atoms with Gasteiger partial charge in [0.25, 0.3) is 0 Å². The third-order valence-corrected chi connectivity index (χ3v) is 3.52. The Balaban J connectivity index is 0.000000126. The molecule has 0 radical (unpaired) electrons. The molecule has 108 valence electrons. The van der Waals surface area contributed by atoms with Crippen LogP contribution in [0.15, 0.2) is 41.2 Å². The average Bonchev–Trinajstić information content (AvgIpc) is 3.03. The van der Waals surface area contributed by atoms with Crippen molar-refractivity contribution < 1.29 is 4.74 Å². The van der Waals surface area contributed by atoms with E-state index in [4.69, 9.17) is 4.74 Å². The number of hydrogen-bond acceptors (Lipinski definition) is 2. The van der Waals surface area contributed by atoms with Crippen molar-refractivity contribution >= 4 is 11.0 Å². The molecule has 2 heterocycles. The van der Waals surface area contributed by atoms with Crippen molar-refractivity contribution in [2.45, 2.75) is 20.3 Å². The minimum absolute atomic E-state index is 0.148. The van der Waals surface area contributed by atoms with Gasteiger partial charge in [-0.15, -0.1) is 0 Å². The van der Waals surface area contributed by atoms with Gasteiger partial charge in [-0.25, -0.2) is 4.79 Å². The molecule has 2 aromatic carbocycles. The summed E-state index contributed by atoms with van der Waals surface area (Å²) in [5.41, 5.74) is 5.42. The first-order chi connectivity index (χ1) is 10.1. The third kappa shape index (κ3) is 2.99. The predicted octanol–water partition coefficient (Wildman–Crippen LogP) is 3.09. The highest BCUT2D eigenvalue weighted by Gasteiger charge is 2.10. The second-order valence-corrected chi connectivity index (χ2v) is 5.34. The lowest BCUT2D eigenvalue weighted by Gasteiger charge is -1.97. The number of ether oxygens (including phenoxy) is 1. The fourth-order valence-electron chi connectivity index (χ4n) is 2.46. The first kappa shape index (κ1) is 13.5. The number of nitrogens with one attached hydrogen (secondary N) is 2. The van der Waals surface area contributed by atoms with Crippen molar-refractivity contribution in [3.63, 3.8) is 0 Å². The van der Waals surface area contributed by atoms with Crippen LogP contribution in [0.3, 0.4) is 0 Å². The molecule has 4 heteroatoms. The summed E-state index contributed by atoms with van der Waals surface area (Å²) in [5.74, 6) is 1.07. The van der Waals surface area contributed by atoms with Crippen LogP contribution in [0.1, 0.15) is 16.7 Å². The highest BCUT2D eigenvalue weighted by molar-refractivity contribution is 5.74. The zero-order valence-electron chi connectivity index (χ0n) is 12.2. The predicted molar refractivity (Wildman–Crippen MR) is 84.0 cm³/mol. The summed E-state index contributed by atoms with van der Waals surface area (Å²) < 4.78 is 5.35. The Morgan fingerprint density at radius 2 is 1.67 bits per heavy atom. The number of aromatic nitrogens is 2. The minimum atomic E-state index is -0.148. The molecule has 4 rings (SSSR count). The lowest BCUT2D eigenvalue weighted by atomic mass is 10.1. The molecule has 0 fully saturated rings. The molecule has 0 unspecified atom stereocenters. The summed E-state index contributed by atoms with van der Waals surface area (Å²) in [6.07, 6.45) is 1.08. The normalized spacial score (nSPS) is 12.5. The van der Waals surface area contributed by atoms with Gasteiger partial charge in [0.05, 0.1) is 17.6 Å². The van der Waals surface area contributed by atoms with E-state index in [0.29, 0.717) is 0 Å². The van der Waals surface area contributed by atoms with Gasteiger partial charge in [0.15, 0.2) is 0 Å². The van der Waals surface area contributed by atoms with Crippen LogP contribution in [0.25, 0.3) is 11.0 Å². The second-order valence-electron chi connectivity index (χ2n) is 5.34. The quantitative estimate of drug-likeness (QED) is 0.665. The molecular formula is C17H18N2O2. The first-order valence-electron chi connectivity index (χ1n) is 7.03. The van der Waals surface area contributed by atoms with E-state index >= 15 is 0 Å². The van der Waals surface area contributed by atoms with Crippen molar-refractivity contribution in [3.05, 3.63) is 63.6 Å². The zero-order chi connectivity index (χ0) is 14.8. The number of aryl methyl sites for hydroxylation is 2. The monoisotopic (exact) mass is 282 g/mol. The van der Waals surface area contributed by atoms with E-state index in [0.717, 1.165) is 35.4 Å². The van der Waals surface area contributed by atoms with Crippen molar-refractivity contribution in [2.75, 3.05) is 6.61 Å². The minimum Gasteiger partial charge on any atom is -0.493 e. The van der Waals surface area contributed by atoms with E-state index in [1.807, 2.05) is 25.1 Å². The van der Waals surface area contributed by atoms with Crippen LogP contribution < -0.4 is 10.4 Å². The van der Waals surface area contributed by atoms with Crippen LogP contribution in [0.5, 0.6) is 5.75 Å². The summed E-state index contributed by atoms with van der Waals surface area (Å²) in [6.45, 7) is 4.96. The maximum absolute atomic E-state index is 10.8. The van der Waals surface area contributed by atoms with Crippen molar-refractivity contribution in [2.24, 2.45) is 0 Å². The van der Waals surface area contributed by atoms with Gasteiger partial charge in [0.1, 0.15) is 5.75 Å². The van der Waals surface area contributed by atoms with Gasteiger partial charge in [0.2, 0.25) is 0 Å². The summed E-state index contributed by atoms with van der Waals surface area (Å²) in [4.78, 5) is 16.2. The second kappa shape index (κ2) is 5.48.